The fourth-order valence-electron chi connectivity index (χ4n) is 1.93. The number of aryl methyl sites for hydroxylation is 2. The molecule has 0 saturated heterocycles. The third kappa shape index (κ3) is 3.54. The van der Waals surface area contributed by atoms with Crippen molar-refractivity contribution >= 4 is 60.7 Å². The molecular weight excluding hydrogens is 412 g/mol. The van der Waals surface area contributed by atoms with Crippen LogP contribution in [0.2, 0.25) is 0 Å². The van der Waals surface area contributed by atoms with Gasteiger partial charge in [0.15, 0.2) is 0 Å². The molecule has 21 heavy (non-hydrogen) atoms. The number of benzene rings is 2. The Labute approximate surface area is 140 Å². The molecule has 0 saturated carbocycles. The van der Waals surface area contributed by atoms with Gasteiger partial charge >= 0.3 is 141 Å². The molecule has 0 radical (unpaired) electrons. The summed E-state index contributed by atoms with van der Waals surface area (Å²) < 4.78 is 11.2. The van der Waals surface area contributed by atoms with E-state index in [0.717, 1.165) is 7.22 Å². The van der Waals surface area contributed by atoms with E-state index in [1.165, 1.54) is 11.1 Å². The molecule has 0 bridgehead atoms. The van der Waals surface area contributed by atoms with Gasteiger partial charge in [-0.15, -0.1) is 0 Å². The summed E-state index contributed by atoms with van der Waals surface area (Å²) in [5.41, 5.74) is 2.38. The van der Waals surface area contributed by atoms with Gasteiger partial charge in [0.1, 0.15) is 0 Å². The van der Waals surface area contributed by atoms with E-state index in [4.69, 9.17) is 24.4 Å². The molecule has 2 aromatic carbocycles. The molecule has 5 heteroatoms. The third-order valence-corrected chi connectivity index (χ3v) is 11.3. The molecule has 2 rings (SSSR count). The molecule has 0 aliphatic heterocycles. The fourth-order valence-corrected chi connectivity index (χ4v) is 9.03. The van der Waals surface area contributed by atoms with Crippen molar-refractivity contribution in [2.45, 2.75) is 13.8 Å². The minimum atomic E-state index is -3.42. The van der Waals surface area contributed by atoms with Gasteiger partial charge in [0.05, 0.1) is 0 Å². The number of hydrogen-bond acceptors (Lipinski definition) is 4. The molecule has 106 valence electrons. The first-order chi connectivity index (χ1) is 10.1. The Kier molecular flexibility index (Phi) is 5.56. The Hall–Kier alpha value is -1.17. The Morgan fingerprint density at radius 2 is 1.05 bits per heavy atom. The number of thiocarbonyl (C=S) groups is 2. The van der Waals surface area contributed by atoms with Crippen LogP contribution in [-0.4, -0.2) is 29.0 Å². The molecule has 0 aliphatic rings. The van der Waals surface area contributed by atoms with E-state index in [0.29, 0.717) is 0 Å². The molecule has 0 spiro atoms. The van der Waals surface area contributed by atoms with Crippen molar-refractivity contribution in [1.82, 2.24) is 0 Å². The molecule has 0 heterocycles. The number of isothiocyanates is 2. The van der Waals surface area contributed by atoms with E-state index in [1.54, 1.807) is 0 Å². The SMILES string of the molecule is Cc1ccc([Te](N=C=S)(N=C=S)c2ccc(C)cc2)cc1. The summed E-state index contributed by atoms with van der Waals surface area (Å²) in [4.78, 5) is 0. The van der Waals surface area contributed by atoms with Crippen LogP contribution in [0.1, 0.15) is 11.1 Å². The topological polar surface area (TPSA) is 24.7 Å². The van der Waals surface area contributed by atoms with Crippen LogP contribution in [0, 0.1) is 13.8 Å². The van der Waals surface area contributed by atoms with Gasteiger partial charge in [-0.1, -0.05) is 0 Å². The zero-order valence-corrected chi connectivity index (χ0v) is 15.7. The van der Waals surface area contributed by atoms with Crippen LogP contribution in [0.4, 0.5) is 0 Å². The molecule has 0 aliphatic carbocycles. The van der Waals surface area contributed by atoms with Crippen molar-refractivity contribution in [3.05, 3.63) is 59.7 Å². The monoisotopic (exact) mass is 428 g/mol. The van der Waals surface area contributed by atoms with Crippen LogP contribution >= 0.6 is 24.4 Å². The van der Waals surface area contributed by atoms with Crippen LogP contribution < -0.4 is 7.22 Å². The molecule has 0 atom stereocenters. The van der Waals surface area contributed by atoms with E-state index in [1.807, 2.05) is 0 Å². The van der Waals surface area contributed by atoms with E-state index in [-0.39, 0.29) is 0 Å². The van der Waals surface area contributed by atoms with Crippen LogP contribution in [-0.2, 0) is 0 Å². The summed E-state index contributed by atoms with van der Waals surface area (Å²) in [6.07, 6.45) is 0. The van der Waals surface area contributed by atoms with Gasteiger partial charge in [-0.05, 0) is 0 Å². The summed E-state index contributed by atoms with van der Waals surface area (Å²) in [6, 6.07) is 16.5. The van der Waals surface area contributed by atoms with Gasteiger partial charge in [0.2, 0.25) is 0 Å². The van der Waals surface area contributed by atoms with Crippen molar-refractivity contribution in [2.24, 2.45) is 6.49 Å². The maximum atomic E-state index is 4.87. The van der Waals surface area contributed by atoms with Crippen molar-refractivity contribution in [3.8, 4) is 0 Å². The second-order valence-corrected chi connectivity index (χ2v) is 11.8. The molecule has 0 aromatic heterocycles. The molecule has 2 nitrogen and oxygen atoms in total. The fraction of sp³-hybridized carbons (Fsp3) is 0.125. The van der Waals surface area contributed by atoms with Gasteiger partial charge in [-0.25, -0.2) is 0 Å². The Bertz CT molecular complexity index is 660. The first kappa shape index (κ1) is 16.2. The van der Waals surface area contributed by atoms with Crippen molar-refractivity contribution in [3.63, 3.8) is 0 Å². The van der Waals surface area contributed by atoms with Crippen LogP contribution in [0.15, 0.2) is 55.0 Å². The summed E-state index contributed by atoms with van der Waals surface area (Å²) in [7, 11) is 0. The van der Waals surface area contributed by atoms with Crippen LogP contribution in [0.5, 0.6) is 0 Å². The Balaban J connectivity index is 2.74. The zero-order chi connectivity index (χ0) is 15.3. The van der Waals surface area contributed by atoms with Gasteiger partial charge in [-0.2, -0.15) is 0 Å². The normalized spacial score (nSPS) is 11.1. The van der Waals surface area contributed by atoms with E-state index >= 15 is 0 Å². The molecule has 0 fully saturated rings. The Morgan fingerprint density at radius 1 is 0.714 bits per heavy atom. The quantitative estimate of drug-likeness (QED) is 0.427. The van der Waals surface area contributed by atoms with Crippen molar-refractivity contribution in [1.29, 1.82) is 0 Å². The van der Waals surface area contributed by atoms with Gasteiger partial charge in [0.25, 0.3) is 0 Å². The number of nitrogens with zero attached hydrogens (tertiary/aromatic N) is 2. The standard InChI is InChI=1S/C16H14N2S2Te/c1-13-3-7-15(8-4-13)21(17-11-19,18-12-20)16-9-5-14(2)6-10-16/h3-10H,1-2H3. The summed E-state index contributed by atoms with van der Waals surface area (Å²) in [5.74, 6) is 0. The first-order valence-corrected chi connectivity index (χ1v) is 11.5. The summed E-state index contributed by atoms with van der Waals surface area (Å²) in [5, 5.41) is 5.06. The van der Waals surface area contributed by atoms with Gasteiger partial charge in [0, 0.05) is 0 Å². The number of rotatable bonds is 4. The molecule has 0 amide bonds. The molecular formula is C16H14N2S2Te. The first-order valence-electron chi connectivity index (χ1n) is 6.27. The second kappa shape index (κ2) is 7.20. The molecule has 0 N–H and O–H groups in total. The van der Waals surface area contributed by atoms with E-state index in [2.05, 4.69) is 79.2 Å². The molecule has 2 aromatic rings. The number of hydrogen-bond donors (Lipinski definition) is 0. The maximum absolute atomic E-state index is 4.87. The average molecular weight is 426 g/mol. The predicted octanol–water partition coefficient (Wildman–Crippen LogP) is 3.07. The zero-order valence-electron chi connectivity index (χ0n) is 11.7. The van der Waals surface area contributed by atoms with Crippen molar-refractivity contribution < 1.29 is 0 Å². The summed E-state index contributed by atoms with van der Waals surface area (Å²) >= 11 is 6.33. The van der Waals surface area contributed by atoms with Gasteiger partial charge < -0.3 is 0 Å². The minimum absolute atomic E-state index is 1.07. The van der Waals surface area contributed by atoms with Crippen molar-refractivity contribution in [2.75, 3.05) is 0 Å². The van der Waals surface area contributed by atoms with Gasteiger partial charge in [-0.3, -0.25) is 0 Å². The second-order valence-electron chi connectivity index (χ2n) is 4.54. The molecule has 0 unspecified atom stereocenters. The van der Waals surface area contributed by atoms with E-state index in [9.17, 15) is 0 Å². The predicted molar refractivity (Wildman–Crippen MR) is 97.4 cm³/mol. The summed E-state index contributed by atoms with van der Waals surface area (Å²) in [6.45, 7) is 4.10. The van der Waals surface area contributed by atoms with Crippen LogP contribution in [0.25, 0.3) is 0 Å². The average Bonchev–Trinajstić information content (AvgIpc) is 2.48. The Morgan fingerprint density at radius 3 is 1.33 bits per heavy atom. The third-order valence-electron chi connectivity index (χ3n) is 3.04. The van der Waals surface area contributed by atoms with E-state index < -0.39 is 18.7 Å². The van der Waals surface area contributed by atoms with Crippen LogP contribution in [0.3, 0.4) is 0 Å².